The number of carbonyl (C=O) groups is 2. The van der Waals surface area contributed by atoms with E-state index < -0.39 is 17.4 Å². The Bertz CT molecular complexity index is 805. The van der Waals surface area contributed by atoms with Crippen molar-refractivity contribution >= 4 is 11.9 Å². The molecule has 128 valence electrons. The summed E-state index contributed by atoms with van der Waals surface area (Å²) in [6.45, 7) is 3.47. The van der Waals surface area contributed by atoms with Crippen molar-refractivity contribution < 1.29 is 14.7 Å². The number of carbonyl (C=O) groups excluding carboxylic acids is 1. The second kappa shape index (κ2) is 7.18. The zero-order valence-electron chi connectivity index (χ0n) is 14.4. The van der Waals surface area contributed by atoms with Crippen LogP contribution in [0, 0.1) is 11.3 Å². The third-order valence-electron chi connectivity index (χ3n) is 4.52. The molecule has 1 atom stereocenters. The standard InChI is InChI=1S/C20H20N2O3/c1-20(2,17(19(24)25)15-7-5-4-6-8-15)22(3)18(23)16-11-9-14(13-21)10-12-16/h4-12,17H,1-3H3,(H,24,25). The van der Waals surface area contributed by atoms with Gasteiger partial charge in [0.1, 0.15) is 5.92 Å². The van der Waals surface area contributed by atoms with Crippen LogP contribution in [0.4, 0.5) is 0 Å². The van der Waals surface area contributed by atoms with E-state index in [1.165, 1.54) is 4.90 Å². The van der Waals surface area contributed by atoms with Crippen molar-refractivity contribution in [1.82, 2.24) is 4.90 Å². The van der Waals surface area contributed by atoms with Gasteiger partial charge in [0.2, 0.25) is 0 Å². The first-order valence-electron chi connectivity index (χ1n) is 7.85. The van der Waals surface area contributed by atoms with Gasteiger partial charge in [-0.1, -0.05) is 30.3 Å². The molecular formula is C20H20N2O3. The average Bonchev–Trinajstić information content (AvgIpc) is 2.61. The van der Waals surface area contributed by atoms with E-state index in [0.717, 1.165) is 0 Å². The van der Waals surface area contributed by atoms with Crippen molar-refractivity contribution in [3.63, 3.8) is 0 Å². The zero-order chi connectivity index (χ0) is 18.6. The Morgan fingerprint density at radius 3 is 2.12 bits per heavy atom. The molecule has 2 aromatic carbocycles. The number of rotatable bonds is 5. The van der Waals surface area contributed by atoms with Crippen molar-refractivity contribution in [2.45, 2.75) is 25.3 Å². The lowest BCUT2D eigenvalue weighted by atomic mass is 9.80. The van der Waals surface area contributed by atoms with Crippen molar-refractivity contribution in [3.8, 4) is 6.07 Å². The number of amides is 1. The van der Waals surface area contributed by atoms with Crippen LogP contribution in [-0.4, -0.2) is 34.5 Å². The van der Waals surface area contributed by atoms with E-state index in [1.54, 1.807) is 69.4 Å². The summed E-state index contributed by atoms with van der Waals surface area (Å²) in [5.41, 5.74) is 0.551. The summed E-state index contributed by atoms with van der Waals surface area (Å²) in [5.74, 6) is -2.16. The summed E-state index contributed by atoms with van der Waals surface area (Å²) in [6, 6.07) is 17.2. The third-order valence-corrected chi connectivity index (χ3v) is 4.52. The van der Waals surface area contributed by atoms with E-state index in [1.807, 2.05) is 12.1 Å². The van der Waals surface area contributed by atoms with Gasteiger partial charge in [0.05, 0.1) is 17.2 Å². The van der Waals surface area contributed by atoms with E-state index in [9.17, 15) is 14.7 Å². The van der Waals surface area contributed by atoms with Crippen molar-refractivity contribution in [2.24, 2.45) is 0 Å². The molecular weight excluding hydrogens is 316 g/mol. The molecule has 25 heavy (non-hydrogen) atoms. The Balaban J connectivity index is 2.36. The largest absolute Gasteiger partial charge is 0.481 e. The molecule has 1 N–H and O–H groups in total. The molecule has 0 aromatic heterocycles. The lowest BCUT2D eigenvalue weighted by Crippen LogP contribution is -2.51. The molecule has 0 heterocycles. The lowest BCUT2D eigenvalue weighted by Gasteiger charge is -2.40. The minimum atomic E-state index is -0.990. The van der Waals surface area contributed by atoms with Gasteiger partial charge in [-0.3, -0.25) is 9.59 Å². The highest BCUT2D eigenvalue weighted by molar-refractivity contribution is 5.95. The molecule has 0 radical (unpaired) electrons. The number of benzene rings is 2. The fourth-order valence-corrected chi connectivity index (χ4v) is 2.83. The summed E-state index contributed by atoms with van der Waals surface area (Å²) < 4.78 is 0. The fraction of sp³-hybridized carbons (Fsp3) is 0.250. The van der Waals surface area contributed by atoms with E-state index in [0.29, 0.717) is 16.7 Å². The lowest BCUT2D eigenvalue weighted by molar-refractivity contribution is -0.141. The van der Waals surface area contributed by atoms with Crippen LogP contribution in [0.3, 0.4) is 0 Å². The number of nitriles is 1. The van der Waals surface area contributed by atoms with Crippen LogP contribution in [0.25, 0.3) is 0 Å². The van der Waals surface area contributed by atoms with Crippen molar-refractivity contribution in [3.05, 3.63) is 71.3 Å². The van der Waals surface area contributed by atoms with Gasteiger partial charge in [0, 0.05) is 12.6 Å². The van der Waals surface area contributed by atoms with Crippen molar-refractivity contribution in [2.75, 3.05) is 7.05 Å². The van der Waals surface area contributed by atoms with Crippen LogP contribution < -0.4 is 0 Å². The molecule has 5 nitrogen and oxygen atoms in total. The molecule has 0 bridgehead atoms. The van der Waals surface area contributed by atoms with Gasteiger partial charge >= 0.3 is 5.97 Å². The molecule has 1 unspecified atom stereocenters. The number of carboxylic acids is 1. The smallest absolute Gasteiger partial charge is 0.313 e. The molecule has 0 fully saturated rings. The maximum atomic E-state index is 12.8. The first-order valence-corrected chi connectivity index (χ1v) is 7.85. The van der Waals surface area contributed by atoms with E-state index in [4.69, 9.17) is 5.26 Å². The van der Waals surface area contributed by atoms with Crippen molar-refractivity contribution in [1.29, 1.82) is 5.26 Å². The van der Waals surface area contributed by atoms with Gasteiger partial charge in [0.15, 0.2) is 0 Å². The molecule has 0 spiro atoms. The molecule has 0 aliphatic heterocycles. The second-order valence-electron chi connectivity index (χ2n) is 6.39. The second-order valence-corrected chi connectivity index (χ2v) is 6.39. The highest BCUT2D eigenvalue weighted by Crippen LogP contribution is 2.33. The van der Waals surface area contributed by atoms with E-state index in [-0.39, 0.29) is 5.91 Å². The minimum absolute atomic E-state index is 0.295. The molecule has 0 aliphatic carbocycles. The van der Waals surface area contributed by atoms with Crippen LogP contribution in [0.2, 0.25) is 0 Å². The Labute approximate surface area is 147 Å². The van der Waals surface area contributed by atoms with Crippen LogP contribution >= 0.6 is 0 Å². The predicted octanol–water partition coefficient (Wildman–Crippen LogP) is 3.28. The predicted molar refractivity (Wildman–Crippen MR) is 94.1 cm³/mol. The number of carboxylic acid groups (broad SMARTS) is 1. The summed E-state index contributed by atoms with van der Waals surface area (Å²) >= 11 is 0. The number of hydrogen-bond donors (Lipinski definition) is 1. The van der Waals surface area contributed by atoms with E-state index >= 15 is 0 Å². The third kappa shape index (κ3) is 3.69. The molecule has 2 aromatic rings. The van der Waals surface area contributed by atoms with E-state index in [2.05, 4.69) is 0 Å². The van der Waals surface area contributed by atoms with Crippen LogP contribution in [0.5, 0.6) is 0 Å². The van der Waals surface area contributed by atoms with Crippen LogP contribution in [0.1, 0.15) is 41.3 Å². The van der Waals surface area contributed by atoms with Gasteiger partial charge in [-0.15, -0.1) is 0 Å². The quantitative estimate of drug-likeness (QED) is 0.908. The summed E-state index contributed by atoms with van der Waals surface area (Å²) in [6.07, 6.45) is 0. The van der Waals surface area contributed by atoms with Gasteiger partial charge in [-0.25, -0.2) is 0 Å². The number of hydrogen-bond acceptors (Lipinski definition) is 3. The number of nitrogens with zero attached hydrogens (tertiary/aromatic N) is 2. The molecule has 0 saturated heterocycles. The molecule has 5 heteroatoms. The first-order chi connectivity index (χ1) is 11.8. The van der Waals surface area contributed by atoms with Crippen LogP contribution in [0.15, 0.2) is 54.6 Å². The van der Waals surface area contributed by atoms with Gasteiger partial charge < -0.3 is 10.0 Å². The Kier molecular flexibility index (Phi) is 5.23. The Morgan fingerprint density at radius 2 is 1.64 bits per heavy atom. The van der Waals surface area contributed by atoms with Crippen LogP contribution in [-0.2, 0) is 4.79 Å². The highest BCUT2D eigenvalue weighted by atomic mass is 16.4. The SMILES string of the molecule is CN(C(=O)c1ccc(C#N)cc1)C(C)(C)C(C(=O)O)c1ccccc1. The first kappa shape index (κ1) is 18.2. The summed E-state index contributed by atoms with van der Waals surface area (Å²) in [7, 11) is 1.60. The van der Waals surface area contributed by atoms with Gasteiger partial charge in [-0.2, -0.15) is 5.26 Å². The Morgan fingerprint density at radius 1 is 1.08 bits per heavy atom. The van der Waals surface area contributed by atoms with Gasteiger partial charge in [-0.05, 0) is 43.7 Å². The summed E-state index contributed by atoms with van der Waals surface area (Å²) in [5, 5.41) is 18.6. The monoisotopic (exact) mass is 336 g/mol. The molecule has 0 aliphatic rings. The Hall–Kier alpha value is -3.13. The molecule has 2 rings (SSSR count). The maximum Gasteiger partial charge on any atom is 0.313 e. The maximum absolute atomic E-state index is 12.8. The fourth-order valence-electron chi connectivity index (χ4n) is 2.83. The topological polar surface area (TPSA) is 81.4 Å². The molecule has 1 amide bonds. The minimum Gasteiger partial charge on any atom is -0.481 e. The summed E-state index contributed by atoms with van der Waals surface area (Å²) in [4.78, 5) is 26.2. The zero-order valence-corrected chi connectivity index (χ0v) is 14.4. The average molecular weight is 336 g/mol. The van der Waals surface area contributed by atoms with Gasteiger partial charge in [0.25, 0.3) is 5.91 Å². The highest BCUT2D eigenvalue weighted by Gasteiger charge is 2.41. The normalized spacial score (nSPS) is 12.1. The number of likely N-dealkylation sites (N-methyl/N-ethyl adjacent to an activating group) is 1. The number of aliphatic carboxylic acids is 1. The molecule has 0 saturated carbocycles.